The molecule has 0 aliphatic carbocycles. The maximum atomic E-state index is 14.2. The van der Waals surface area contributed by atoms with Crippen LogP contribution in [-0.2, 0) is 6.42 Å². The fraction of sp³-hybridized carbons (Fsp3) is 0.348. The minimum atomic E-state index is -0.346. The molecule has 0 amide bonds. The summed E-state index contributed by atoms with van der Waals surface area (Å²) in [5.74, 6) is 0.749. The van der Waals surface area contributed by atoms with Crippen molar-refractivity contribution in [2.45, 2.75) is 26.2 Å². The van der Waals surface area contributed by atoms with Gasteiger partial charge in [0.05, 0.1) is 12.1 Å². The molecule has 140 valence electrons. The SMILES string of the molecule is Cc1cc(N2CCC[C@](CO)(Cc3ccccc3F)C2)nc2ccccc12. The van der Waals surface area contributed by atoms with Crippen LogP contribution in [0.2, 0.25) is 0 Å². The van der Waals surface area contributed by atoms with E-state index < -0.39 is 0 Å². The number of hydrogen-bond acceptors (Lipinski definition) is 3. The summed E-state index contributed by atoms with van der Waals surface area (Å²) >= 11 is 0. The Morgan fingerprint density at radius 2 is 1.93 bits per heavy atom. The van der Waals surface area contributed by atoms with Gasteiger partial charge in [-0.25, -0.2) is 9.37 Å². The lowest BCUT2D eigenvalue weighted by molar-refractivity contribution is 0.104. The molecule has 0 bridgehead atoms. The van der Waals surface area contributed by atoms with Crippen molar-refractivity contribution in [2.75, 3.05) is 24.6 Å². The van der Waals surface area contributed by atoms with E-state index in [9.17, 15) is 9.50 Å². The number of benzene rings is 2. The van der Waals surface area contributed by atoms with E-state index in [1.165, 1.54) is 11.6 Å². The Kier molecular flexibility index (Phi) is 4.83. The summed E-state index contributed by atoms with van der Waals surface area (Å²) in [7, 11) is 0. The predicted octanol–water partition coefficient (Wildman–Crippen LogP) is 4.50. The Bertz CT molecular complexity index is 958. The lowest BCUT2D eigenvalue weighted by Crippen LogP contribution is -2.47. The van der Waals surface area contributed by atoms with Crippen LogP contribution in [0, 0.1) is 18.2 Å². The first-order valence-corrected chi connectivity index (χ1v) is 9.56. The molecule has 0 unspecified atom stereocenters. The van der Waals surface area contributed by atoms with Crippen molar-refractivity contribution in [2.24, 2.45) is 5.41 Å². The van der Waals surface area contributed by atoms with Crippen LogP contribution < -0.4 is 4.90 Å². The molecule has 0 radical (unpaired) electrons. The van der Waals surface area contributed by atoms with Crippen LogP contribution >= 0.6 is 0 Å². The molecule has 3 aromatic rings. The average molecular weight is 364 g/mol. The van der Waals surface area contributed by atoms with E-state index in [1.807, 2.05) is 30.3 Å². The Morgan fingerprint density at radius 1 is 1.15 bits per heavy atom. The monoisotopic (exact) mass is 364 g/mol. The molecule has 1 fully saturated rings. The Hall–Kier alpha value is -2.46. The summed E-state index contributed by atoms with van der Waals surface area (Å²) in [6.07, 6.45) is 2.39. The van der Waals surface area contributed by atoms with E-state index in [-0.39, 0.29) is 17.8 Å². The van der Waals surface area contributed by atoms with Crippen LogP contribution in [0.4, 0.5) is 10.2 Å². The third-order valence-corrected chi connectivity index (χ3v) is 5.75. The van der Waals surface area contributed by atoms with Crippen LogP contribution in [0.15, 0.2) is 54.6 Å². The summed E-state index contributed by atoms with van der Waals surface area (Å²) in [5, 5.41) is 11.4. The molecule has 2 aromatic carbocycles. The van der Waals surface area contributed by atoms with Gasteiger partial charge in [-0.15, -0.1) is 0 Å². The summed E-state index contributed by atoms with van der Waals surface area (Å²) in [6.45, 7) is 3.74. The van der Waals surface area contributed by atoms with Gasteiger partial charge in [0.1, 0.15) is 11.6 Å². The van der Waals surface area contributed by atoms with Crippen LogP contribution in [0.25, 0.3) is 10.9 Å². The third kappa shape index (κ3) is 3.54. The maximum Gasteiger partial charge on any atom is 0.129 e. The number of aliphatic hydroxyl groups is 1. The summed E-state index contributed by atoms with van der Waals surface area (Å²) in [6, 6.07) is 17.2. The molecular weight excluding hydrogens is 339 g/mol. The normalized spacial score (nSPS) is 20.2. The van der Waals surface area contributed by atoms with Gasteiger partial charge in [0.2, 0.25) is 0 Å². The zero-order valence-corrected chi connectivity index (χ0v) is 15.7. The molecule has 1 aliphatic rings. The lowest BCUT2D eigenvalue weighted by atomic mass is 9.75. The van der Waals surface area contributed by atoms with Crippen molar-refractivity contribution in [1.29, 1.82) is 0 Å². The second-order valence-corrected chi connectivity index (χ2v) is 7.77. The standard InChI is InChI=1S/C23H25FN2O/c1-17-13-22(25-21-10-5-3-8-19(17)21)26-12-6-11-23(15-26,16-27)14-18-7-2-4-9-20(18)24/h2-5,7-10,13,27H,6,11-12,14-16H2,1H3/t23-/m0/s1. The number of aliphatic hydroxyl groups excluding tert-OH is 1. The van der Waals surface area contributed by atoms with Crippen molar-refractivity contribution >= 4 is 16.7 Å². The van der Waals surface area contributed by atoms with Crippen LogP contribution in [-0.4, -0.2) is 29.8 Å². The van der Waals surface area contributed by atoms with Gasteiger partial charge in [-0.3, -0.25) is 0 Å². The molecule has 1 aliphatic heterocycles. The van der Waals surface area contributed by atoms with E-state index in [1.54, 1.807) is 6.07 Å². The number of para-hydroxylation sites is 1. The predicted molar refractivity (Wildman–Crippen MR) is 108 cm³/mol. The van der Waals surface area contributed by atoms with E-state index in [0.29, 0.717) is 18.5 Å². The molecule has 1 saturated heterocycles. The van der Waals surface area contributed by atoms with Crippen molar-refractivity contribution in [1.82, 2.24) is 4.98 Å². The first-order valence-electron chi connectivity index (χ1n) is 9.56. The van der Waals surface area contributed by atoms with Gasteiger partial charge >= 0.3 is 0 Å². The molecule has 0 saturated carbocycles. The quantitative estimate of drug-likeness (QED) is 0.740. The van der Waals surface area contributed by atoms with Gasteiger partial charge in [-0.1, -0.05) is 36.4 Å². The van der Waals surface area contributed by atoms with Gasteiger partial charge in [0.25, 0.3) is 0 Å². The number of aryl methyl sites for hydroxylation is 1. The molecule has 1 N–H and O–H groups in total. The highest BCUT2D eigenvalue weighted by Crippen LogP contribution is 2.36. The second-order valence-electron chi connectivity index (χ2n) is 7.77. The van der Waals surface area contributed by atoms with E-state index in [0.717, 1.165) is 36.1 Å². The van der Waals surface area contributed by atoms with Gasteiger partial charge < -0.3 is 10.0 Å². The third-order valence-electron chi connectivity index (χ3n) is 5.75. The van der Waals surface area contributed by atoms with E-state index in [2.05, 4.69) is 24.0 Å². The molecular formula is C23H25FN2O. The largest absolute Gasteiger partial charge is 0.396 e. The maximum absolute atomic E-state index is 14.2. The van der Waals surface area contributed by atoms with Crippen molar-refractivity contribution < 1.29 is 9.50 Å². The van der Waals surface area contributed by atoms with Gasteiger partial charge in [0, 0.05) is 23.9 Å². The molecule has 0 spiro atoms. The molecule has 1 atom stereocenters. The Balaban J connectivity index is 1.64. The highest BCUT2D eigenvalue weighted by Gasteiger charge is 2.36. The second kappa shape index (κ2) is 7.28. The summed E-state index contributed by atoms with van der Waals surface area (Å²) < 4.78 is 14.2. The number of hydrogen-bond donors (Lipinski definition) is 1. The Morgan fingerprint density at radius 3 is 2.74 bits per heavy atom. The van der Waals surface area contributed by atoms with Gasteiger partial charge in [-0.2, -0.15) is 0 Å². The van der Waals surface area contributed by atoms with Gasteiger partial charge in [0.15, 0.2) is 0 Å². The van der Waals surface area contributed by atoms with Crippen molar-refractivity contribution in [3.05, 3.63) is 71.5 Å². The fourth-order valence-corrected chi connectivity index (χ4v) is 4.27. The van der Waals surface area contributed by atoms with Crippen LogP contribution in [0.3, 0.4) is 0 Å². The Labute approximate surface area is 159 Å². The molecule has 1 aromatic heterocycles. The highest BCUT2D eigenvalue weighted by atomic mass is 19.1. The number of pyridine rings is 1. The first kappa shape index (κ1) is 17.9. The summed E-state index contributed by atoms with van der Waals surface area (Å²) in [5.41, 5.74) is 2.52. The van der Waals surface area contributed by atoms with Crippen LogP contribution in [0.1, 0.15) is 24.0 Å². The number of nitrogens with zero attached hydrogens (tertiary/aromatic N) is 2. The molecule has 3 nitrogen and oxygen atoms in total. The molecule has 2 heterocycles. The zero-order valence-electron chi connectivity index (χ0n) is 15.7. The number of halogens is 1. The number of aromatic nitrogens is 1. The first-order chi connectivity index (χ1) is 13.1. The smallest absolute Gasteiger partial charge is 0.129 e. The van der Waals surface area contributed by atoms with Crippen molar-refractivity contribution in [3.8, 4) is 0 Å². The fourth-order valence-electron chi connectivity index (χ4n) is 4.27. The number of piperidine rings is 1. The molecule has 27 heavy (non-hydrogen) atoms. The zero-order chi connectivity index (χ0) is 18.9. The van der Waals surface area contributed by atoms with E-state index >= 15 is 0 Å². The highest BCUT2D eigenvalue weighted by molar-refractivity contribution is 5.83. The number of rotatable bonds is 4. The van der Waals surface area contributed by atoms with E-state index in [4.69, 9.17) is 4.98 Å². The minimum Gasteiger partial charge on any atom is -0.396 e. The number of fused-ring (bicyclic) bond motifs is 1. The molecule has 4 rings (SSSR count). The lowest BCUT2D eigenvalue weighted by Gasteiger charge is -2.42. The summed E-state index contributed by atoms with van der Waals surface area (Å²) in [4.78, 5) is 7.10. The average Bonchev–Trinajstić information content (AvgIpc) is 2.70. The van der Waals surface area contributed by atoms with Gasteiger partial charge in [-0.05, 0) is 55.5 Å². The minimum absolute atomic E-state index is 0.0460. The van der Waals surface area contributed by atoms with Crippen LogP contribution in [0.5, 0.6) is 0 Å². The topological polar surface area (TPSA) is 36.4 Å². The molecule has 4 heteroatoms. The number of anilines is 1. The van der Waals surface area contributed by atoms with Crippen molar-refractivity contribution in [3.63, 3.8) is 0 Å².